The number of carbonyl (C=O) groups is 8. The Morgan fingerprint density at radius 3 is 0.576 bits per heavy atom. The quantitative estimate of drug-likeness (QED) is 0.0349. The van der Waals surface area contributed by atoms with Gasteiger partial charge in [0.05, 0.1) is 39.4 Å². The van der Waals surface area contributed by atoms with Gasteiger partial charge in [-0.3, -0.25) is 38.4 Å². The number of hydrogen-bond donors (Lipinski definition) is 0. The van der Waals surface area contributed by atoms with E-state index in [0.717, 1.165) is 0 Å². The molecule has 0 heterocycles. The maximum absolute atomic E-state index is 15.3. The fraction of sp³-hybridized carbons (Fsp3) is 0.890. The second kappa shape index (κ2) is 30.2. The van der Waals surface area contributed by atoms with E-state index in [1.807, 2.05) is 132 Å². The summed E-state index contributed by atoms with van der Waals surface area (Å²) in [5.41, 5.74) is -14.2. The van der Waals surface area contributed by atoms with E-state index < -0.39 is 180 Å². The zero-order chi connectivity index (χ0) is 74.0. The average Bonchev–Trinajstić information content (AvgIpc) is 0.794. The van der Waals surface area contributed by atoms with E-state index in [1.165, 1.54) is 0 Å². The minimum absolute atomic E-state index is 0.00758. The summed E-state index contributed by atoms with van der Waals surface area (Å²) in [5, 5.41) is 0. The molecule has 0 aromatic carbocycles. The molecule has 0 radical (unpaired) electrons. The highest BCUT2D eigenvalue weighted by atomic mass is 79.9. The van der Waals surface area contributed by atoms with Gasteiger partial charge in [0.2, 0.25) is 0 Å². The highest BCUT2D eigenvalue weighted by Gasteiger charge is 2.56. The van der Waals surface area contributed by atoms with Crippen molar-refractivity contribution in [3.63, 3.8) is 0 Å². The molecule has 0 rings (SSSR count). The summed E-state index contributed by atoms with van der Waals surface area (Å²) in [4.78, 5) is 117. The Kier molecular flexibility index (Phi) is 29.5. The molecule has 0 amide bonds. The molecule has 0 aromatic rings. The lowest BCUT2D eigenvalue weighted by molar-refractivity contribution is -0.191. The largest absolute Gasteiger partial charge is 0.464 e. The molecule has 0 bridgehead atoms. The molecule has 15 nitrogen and oxygen atoms in total. The molecule has 0 saturated heterocycles. The first-order valence-electron chi connectivity index (χ1n) is 32.6. The van der Waals surface area contributed by atoms with Crippen LogP contribution in [0.4, 0.5) is 0 Å². The molecule has 0 N–H and O–H groups in total. The Labute approximate surface area is 592 Å². The Morgan fingerprint density at radius 1 is 0.272 bits per heavy atom. The molecule has 4 atom stereocenters. The molecule has 92 heavy (non-hydrogen) atoms. The zero-order valence-corrected chi connectivity index (χ0v) is 70.4. The summed E-state index contributed by atoms with van der Waals surface area (Å²) in [6.45, 7) is 63.0. The molecule has 0 aliphatic rings. The van der Waals surface area contributed by atoms with E-state index in [0.29, 0.717) is 0 Å². The number of halogens is 4. The molecule has 19 heteroatoms. The zero-order valence-electron chi connectivity index (χ0n) is 64.1. The third-order valence-corrected chi connectivity index (χ3v) is 22.4. The minimum Gasteiger partial charge on any atom is -0.464 e. The second-order valence-corrected chi connectivity index (χ2v) is 45.5. The molecule has 0 aliphatic heterocycles. The van der Waals surface area contributed by atoms with Crippen molar-refractivity contribution in [1.82, 2.24) is 0 Å². The first-order chi connectivity index (χ1) is 39.9. The number of carbonyl (C=O) groups excluding carboxylic acids is 8. The van der Waals surface area contributed by atoms with E-state index in [4.69, 9.17) is 33.2 Å². The van der Waals surface area contributed by atoms with Gasteiger partial charge in [0.1, 0.15) is 54.4 Å². The van der Waals surface area contributed by atoms with Gasteiger partial charge in [-0.05, 0) is 220 Å². The van der Waals surface area contributed by atoms with Gasteiger partial charge >= 0.3 is 41.8 Å². The average molecular weight is 1570 g/mol. The van der Waals surface area contributed by atoms with Crippen LogP contribution < -0.4 is 0 Å². The highest BCUT2D eigenvalue weighted by molar-refractivity contribution is 9.10. The molecule has 0 spiro atoms. The van der Waals surface area contributed by atoms with Gasteiger partial charge < -0.3 is 33.2 Å². The molecule has 0 aliphatic carbocycles. The van der Waals surface area contributed by atoms with Crippen LogP contribution in [0.15, 0.2) is 0 Å². The van der Waals surface area contributed by atoms with Crippen LogP contribution in [-0.2, 0) is 71.5 Å². The lowest BCUT2D eigenvalue weighted by Crippen LogP contribution is -2.52. The Morgan fingerprint density at radius 2 is 0.435 bits per heavy atom. The lowest BCUT2D eigenvalue weighted by Gasteiger charge is -2.46. The van der Waals surface area contributed by atoms with Crippen LogP contribution >= 0.6 is 63.7 Å². The number of hydrogen-bond acceptors (Lipinski definition) is 15. The predicted octanol–water partition coefficient (Wildman–Crippen LogP) is 18.7. The van der Waals surface area contributed by atoms with Crippen LogP contribution in [0.1, 0.15) is 275 Å². The third kappa shape index (κ3) is 25.0. The SMILES string of the molecule is CC(C)(C)OC(=O)C(CC(C)(C)C(C)(C)C(=O)OCC(COC(=O)C(C)(C)C(C)(C)CC(C(=O)OC(C)(C)C)C(C)(C)Br)(COC(=O)C(C)(C)C(C)(C)CC(C(=O)OC(C)(C)C)C(C)(C)Br)COC(=O)C(C)(C)C(C)(C)CC(C(=O)C(C)(C)C)C(C)(C)Br)C(C)(C)Br. The highest BCUT2D eigenvalue weighted by Crippen LogP contribution is 2.53. The van der Waals surface area contributed by atoms with Crippen molar-refractivity contribution in [3.05, 3.63) is 0 Å². The maximum atomic E-state index is 15.3. The number of Topliss-reactive ketones (excluding diaryl/α,β-unsaturated/α-hetero) is 1. The van der Waals surface area contributed by atoms with Crippen molar-refractivity contribution >= 4 is 111 Å². The Balaban J connectivity index is 8.75. The summed E-state index contributed by atoms with van der Waals surface area (Å²) in [6, 6.07) is 0. The summed E-state index contributed by atoms with van der Waals surface area (Å²) in [6.07, 6.45) is 0.761. The number of ether oxygens (including phenoxy) is 7. The minimum atomic E-state index is -1.84. The summed E-state index contributed by atoms with van der Waals surface area (Å²) in [5.74, 6) is -6.99. The van der Waals surface area contributed by atoms with Crippen LogP contribution in [0.2, 0.25) is 0 Å². The normalized spacial score (nSPS) is 16.4. The molecular formula is C73H128Br4O15. The second-order valence-electron chi connectivity index (χ2n) is 37.3. The van der Waals surface area contributed by atoms with Gasteiger partial charge in [-0.2, -0.15) is 0 Å². The molecule has 0 saturated carbocycles. The van der Waals surface area contributed by atoms with E-state index in [2.05, 4.69) is 63.7 Å². The third-order valence-electron chi connectivity index (χ3n) is 20.1. The molecule has 538 valence electrons. The van der Waals surface area contributed by atoms with Crippen LogP contribution in [-0.4, -0.2) is 108 Å². The smallest absolute Gasteiger partial charge is 0.312 e. The number of rotatable bonds is 32. The molecule has 0 fully saturated rings. The van der Waals surface area contributed by atoms with Gasteiger partial charge in [-0.1, -0.05) is 140 Å². The summed E-state index contributed by atoms with van der Waals surface area (Å²) in [7, 11) is 0. The molecule has 0 aromatic heterocycles. The van der Waals surface area contributed by atoms with Crippen molar-refractivity contribution in [2.45, 2.75) is 309 Å². The van der Waals surface area contributed by atoms with Gasteiger partial charge in [0.15, 0.2) is 0 Å². The topological polar surface area (TPSA) is 201 Å². The van der Waals surface area contributed by atoms with Crippen molar-refractivity contribution in [3.8, 4) is 0 Å². The van der Waals surface area contributed by atoms with Crippen LogP contribution in [0, 0.1) is 77.8 Å². The van der Waals surface area contributed by atoms with Gasteiger partial charge in [0, 0.05) is 28.6 Å². The van der Waals surface area contributed by atoms with Gasteiger partial charge in [-0.15, -0.1) is 0 Å². The van der Waals surface area contributed by atoms with Gasteiger partial charge in [-0.25, -0.2) is 0 Å². The number of esters is 7. The number of alkyl halides is 4. The molecular weight excluding hydrogens is 1440 g/mol. The summed E-state index contributed by atoms with van der Waals surface area (Å²) < 4.78 is 40.7. The van der Waals surface area contributed by atoms with E-state index in [9.17, 15) is 19.2 Å². The van der Waals surface area contributed by atoms with E-state index in [-0.39, 0.29) is 31.5 Å². The standard InChI is InChI=1S/C73H128Br4O15/c1-57(2,3)49(78)45(69(29,30)74)37-61(13,14)65(21,22)53(82)86-41-73(42-87-54(83)66(23,24)62(15,16)38-46(70(31,32)75)50(79)90-58(4,5)6,43-88-55(84)67(25,26)63(17,18)39-47(71(33,34)76)51(80)91-59(7,8)9)44-89-56(85)68(27,28)64(19,20)40-48(72(35,36)77)52(81)92-60(10,11)12/h45-48H,37-44H2,1-36H3. The van der Waals surface area contributed by atoms with Gasteiger partial charge in [0.25, 0.3) is 0 Å². The van der Waals surface area contributed by atoms with E-state index in [1.54, 1.807) is 118 Å². The first kappa shape index (κ1) is 89.9. The van der Waals surface area contributed by atoms with Crippen molar-refractivity contribution < 1.29 is 71.5 Å². The Bertz CT molecular complexity index is 2370. The molecule has 4 unspecified atom stereocenters. The maximum Gasteiger partial charge on any atom is 0.312 e. The van der Waals surface area contributed by atoms with Crippen LogP contribution in [0.5, 0.6) is 0 Å². The summed E-state index contributed by atoms with van der Waals surface area (Å²) >= 11 is 15.0. The van der Waals surface area contributed by atoms with Crippen molar-refractivity contribution in [2.24, 2.45) is 77.8 Å². The van der Waals surface area contributed by atoms with Crippen molar-refractivity contribution in [1.29, 1.82) is 0 Å². The van der Waals surface area contributed by atoms with E-state index >= 15 is 19.2 Å². The fourth-order valence-corrected chi connectivity index (χ4v) is 11.5. The lowest BCUT2D eigenvalue weighted by atomic mass is 9.61. The predicted molar refractivity (Wildman–Crippen MR) is 383 cm³/mol. The fourth-order valence-electron chi connectivity index (χ4n) is 10.1. The first-order valence-corrected chi connectivity index (χ1v) is 35.8. The van der Waals surface area contributed by atoms with Crippen LogP contribution in [0.3, 0.4) is 0 Å². The monoisotopic (exact) mass is 1560 g/mol. The number of ketones is 1. The Hall–Kier alpha value is -2.12. The van der Waals surface area contributed by atoms with Crippen molar-refractivity contribution in [2.75, 3.05) is 26.4 Å². The van der Waals surface area contributed by atoms with Crippen LogP contribution in [0.25, 0.3) is 0 Å².